The van der Waals surface area contributed by atoms with Crippen molar-refractivity contribution >= 4 is 134 Å². The molecule has 0 atom stereocenters. The number of rotatable bonds is 5. The van der Waals surface area contributed by atoms with E-state index >= 15 is 0 Å². The quantitative estimate of drug-likeness (QED) is 0.161. The number of fused-ring (bicyclic) bond motifs is 17. The van der Waals surface area contributed by atoms with Gasteiger partial charge in [-0.1, -0.05) is 188 Å². The first kappa shape index (κ1) is 31.6. The van der Waals surface area contributed by atoms with Gasteiger partial charge in [0.1, 0.15) is 17.2 Å². The molecule has 5 nitrogen and oxygen atoms in total. The van der Waals surface area contributed by atoms with Crippen molar-refractivity contribution in [3.05, 3.63) is 235 Å². The largest absolute Gasteiger partial charge is 0.455 e. The number of thiophene rings is 2. The first-order valence-electron chi connectivity index (χ1n) is 29.9. The van der Waals surface area contributed by atoms with Crippen molar-refractivity contribution in [1.29, 1.82) is 5.26 Å². The van der Waals surface area contributed by atoms with E-state index in [0.717, 1.165) is 60.9 Å². The lowest BCUT2D eigenvalue weighted by atomic mass is 9.88. The van der Waals surface area contributed by atoms with Crippen LogP contribution in [0.4, 0.5) is 5.69 Å². The Bertz CT molecular complexity index is 5790. The van der Waals surface area contributed by atoms with Gasteiger partial charge < -0.3 is 13.6 Å². The predicted octanol–water partition coefficient (Wildman–Crippen LogP) is 19.9. The predicted molar refractivity (Wildman–Crippen MR) is 315 cm³/mol. The van der Waals surface area contributed by atoms with Crippen LogP contribution in [0.1, 0.15) is 22.0 Å². The number of aromatic nitrogens is 2. The average Bonchev–Trinajstić information content (AvgIpc) is 1.54. The van der Waals surface area contributed by atoms with Gasteiger partial charge in [0.15, 0.2) is 0 Å². The van der Waals surface area contributed by atoms with Crippen molar-refractivity contribution in [2.75, 3.05) is 0 Å². The molecule has 7 heteroatoms. The third-order valence-electron chi connectivity index (χ3n) is 14.5. The standard InChI is InChI=1S/C68H36N4OS2/c1-70-61-59(39-17-4-2-5-18-39)53(38-69)62(72-63-48(33-35-51-46-23-10-14-29-57(46)74-67(51)63)49-34-36-52-47-24-11-15-30-58(47)75-68(52)64(49)72)60(40-19-6-3-7-20-40)65(61)71-54-27-12-8-21-43(54)44-32-31-41(37-55(44)71)42-25-16-26-50-45-22-9-13-28-56(45)73-66(42)50/h2-37H/i10D,11D,14D,15D,23D,24D,29D,30D,33D,34D,35D,36D. The Labute approximate surface area is 453 Å². The fourth-order valence-corrected chi connectivity index (χ4v) is 13.6. The van der Waals surface area contributed by atoms with Gasteiger partial charge in [0.05, 0.1) is 71.4 Å². The lowest BCUT2D eigenvalue weighted by molar-refractivity contribution is 0.670. The molecule has 0 saturated carbocycles. The topological polar surface area (TPSA) is 51.1 Å². The van der Waals surface area contributed by atoms with Crippen molar-refractivity contribution in [3.8, 4) is 50.8 Å². The molecule has 5 heterocycles. The minimum Gasteiger partial charge on any atom is -0.455 e. The van der Waals surface area contributed by atoms with E-state index < -0.39 is 60.4 Å². The lowest BCUT2D eigenvalue weighted by Gasteiger charge is -2.26. The highest BCUT2D eigenvalue weighted by atomic mass is 32.1. The third-order valence-corrected chi connectivity index (χ3v) is 16.7. The summed E-state index contributed by atoms with van der Waals surface area (Å²) in [5.74, 6) is 0. The fourth-order valence-electron chi connectivity index (χ4n) is 11.4. The third kappa shape index (κ3) is 5.79. The van der Waals surface area contributed by atoms with Gasteiger partial charge in [0.25, 0.3) is 0 Å². The van der Waals surface area contributed by atoms with E-state index in [1.807, 2.05) is 138 Å². The summed E-state index contributed by atoms with van der Waals surface area (Å²) in [4.78, 5) is 4.48. The summed E-state index contributed by atoms with van der Waals surface area (Å²) >= 11 is 1.94. The van der Waals surface area contributed by atoms with Crippen molar-refractivity contribution in [2.45, 2.75) is 0 Å². The summed E-state index contributed by atoms with van der Waals surface area (Å²) in [5.41, 5.74) is 6.67. The molecular formula is C68H36N4OS2. The van der Waals surface area contributed by atoms with Gasteiger partial charge >= 0.3 is 0 Å². The summed E-state index contributed by atoms with van der Waals surface area (Å²) in [6.45, 7) is 9.51. The van der Waals surface area contributed by atoms with E-state index in [-0.39, 0.29) is 96.7 Å². The molecule has 0 aliphatic rings. The second-order valence-corrected chi connectivity index (χ2v) is 20.3. The maximum absolute atomic E-state index is 12.4. The second-order valence-electron chi connectivity index (χ2n) is 18.3. The molecular weight excluding hydrogens is 953 g/mol. The molecule has 16 rings (SSSR count). The molecule has 75 heavy (non-hydrogen) atoms. The molecule has 0 aliphatic carbocycles. The summed E-state index contributed by atoms with van der Waals surface area (Å²) in [5, 5.41) is 15.9. The molecule has 0 unspecified atom stereocenters. The molecule has 346 valence electrons. The fraction of sp³-hybridized carbons (Fsp3) is 0. The Morgan fingerprint density at radius 2 is 1.05 bits per heavy atom. The molecule has 0 fully saturated rings. The molecule has 0 bridgehead atoms. The van der Waals surface area contributed by atoms with Gasteiger partial charge in [-0.3, -0.25) is 0 Å². The highest BCUT2D eigenvalue weighted by Gasteiger charge is 2.33. The van der Waals surface area contributed by atoms with Crippen LogP contribution in [0, 0.1) is 17.9 Å². The molecule has 0 aliphatic heterocycles. The maximum atomic E-state index is 12.4. The smallest absolute Gasteiger partial charge is 0.220 e. The van der Waals surface area contributed by atoms with Crippen LogP contribution in [0.2, 0.25) is 0 Å². The van der Waals surface area contributed by atoms with Gasteiger partial charge in [-0.25, -0.2) is 4.85 Å². The lowest BCUT2D eigenvalue weighted by Crippen LogP contribution is -2.09. The van der Waals surface area contributed by atoms with Gasteiger partial charge in [0.2, 0.25) is 5.69 Å². The SMILES string of the molecule is [2H]c1c([2H])c([2H])c2c(sc3c2c([2H])c([2H])c2c4c([2H])c([2H])c5c(sc6c([2H])c([2H])c([2H])c([2H])c65)c4n(-c4c(C#N)c(-c5ccccc5)c([N+]#[C-])c(-n5c6ccccc6c6ccc(-c7cccc8c7oc7ccccc78)cc65)c4-c4ccccc4)c32)c1[2H]. The van der Waals surface area contributed by atoms with E-state index in [1.165, 1.54) is 0 Å². The Morgan fingerprint density at radius 1 is 0.480 bits per heavy atom. The van der Waals surface area contributed by atoms with Crippen molar-refractivity contribution in [1.82, 2.24) is 9.13 Å². The van der Waals surface area contributed by atoms with E-state index in [1.54, 1.807) is 4.57 Å². The van der Waals surface area contributed by atoms with Crippen LogP contribution in [-0.2, 0) is 0 Å². The minimum atomic E-state index is -0.549. The number of nitriles is 1. The number of benzene rings is 11. The van der Waals surface area contributed by atoms with Crippen LogP contribution < -0.4 is 0 Å². The number of hydrogen-bond acceptors (Lipinski definition) is 4. The molecule has 0 N–H and O–H groups in total. The number of nitrogens with zero attached hydrogens (tertiary/aromatic N) is 4. The highest BCUT2D eigenvalue weighted by Crippen LogP contribution is 2.55. The van der Waals surface area contributed by atoms with Gasteiger partial charge in [-0.15, -0.1) is 22.7 Å². The van der Waals surface area contributed by atoms with Crippen LogP contribution in [-0.4, -0.2) is 9.13 Å². The average molecular weight is 1000 g/mol. The first-order chi connectivity index (χ1) is 42.2. The summed E-state index contributed by atoms with van der Waals surface area (Å²) in [6, 6.07) is 43.4. The van der Waals surface area contributed by atoms with Crippen LogP contribution in [0.25, 0.3) is 155 Å². The minimum absolute atomic E-state index is 0.00151. The molecule has 0 radical (unpaired) electrons. The van der Waals surface area contributed by atoms with Gasteiger partial charge in [-0.05, 0) is 47.0 Å². The summed E-state index contributed by atoms with van der Waals surface area (Å²) in [7, 11) is 0. The number of para-hydroxylation sites is 3. The van der Waals surface area contributed by atoms with E-state index in [4.69, 9.17) is 9.90 Å². The Kier molecular flexibility index (Phi) is 6.70. The van der Waals surface area contributed by atoms with E-state index in [0.29, 0.717) is 39.0 Å². The first-order valence-corrected chi connectivity index (χ1v) is 25.6. The van der Waals surface area contributed by atoms with Crippen molar-refractivity contribution in [3.63, 3.8) is 0 Å². The monoisotopic (exact) mass is 1000 g/mol. The van der Waals surface area contributed by atoms with Gasteiger partial charge in [0, 0.05) is 80.0 Å². The Hall–Kier alpha value is -9.76. The molecule has 0 spiro atoms. The second kappa shape index (κ2) is 15.9. The van der Waals surface area contributed by atoms with Crippen molar-refractivity contribution < 1.29 is 20.9 Å². The zero-order valence-electron chi connectivity index (χ0n) is 50.9. The Balaban J connectivity index is 1.21. The van der Waals surface area contributed by atoms with Crippen LogP contribution in [0.15, 0.2) is 223 Å². The van der Waals surface area contributed by atoms with Crippen LogP contribution in [0.3, 0.4) is 0 Å². The summed E-state index contributed by atoms with van der Waals surface area (Å²) in [6.07, 6.45) is 0. The molecule has 16 aromatic rings. The molecule has 11 aromatic carbocycles. The molecule has 0 saturated heterocycles. The maximum Gasteiger partial charge on any atom is 0.220 e. The van der Waals surface area contributed by atoms with Crippen LogP contribution in [0.5, 0.6) is 0 Å². The normalized spacial score (nSPS) is 14.2. The molecule has 0 amide bonds. The zero-order valence-corrected chi connectivity index (χ0v) is 40.5. The number of hydrogen-bond donors (Lipinski definition) is 0. The Morgan fingerprint density at radius 3 is 1.72 bits per heavy atom. The van der Waals surface area contributed by atoms with E-state index in [2.05, 4.69) is 23.0 Å². The zero-order chi connectivity index (χ0) is 59.9. The van der Waals surface area contributed by atoms with E-state index in [9.17, 15) is 22.8 Å². The van der Waals surface area contributed by atoms with Crippen molar-refractivity contribution in [2.24, 2.45) is 0 Å². The van der Waals surface area contributed by atoms with Gasteiger partial charge in [-0.2, -0.15) is 5.26 Å². The number of furan rings is 1. The summed E-state index contributed by atoms with van der Waals surface area (Å²) < 4.78 is 124. The van der Waals surface area contributed by atoms with Crippen LogP contribution >= 0.6 is 22.7 Å². The highest BCUT2D eigenvalue weighted by molar-refractivity contribution is 7.27. The molecule has 5 aromatic heterocycles.